The first-order valence-electron chi connectivity index (χ1n) is 16.7. The summed E-state index contributed by atoms with van der Waals surface area (Å²) in [6.45, 7) is 7.80. The molecule has 2 heterocycles. The average molecular weight is 694 g/mol. The van der Waals surface area contributed by atoms with Crippen LogP contribution in [0, 0.1) is 6.92 Å². The summed E-state index contributed by atoms with van der Waals surface area (Å²) in [7, 11) is -0.816. The van der Waals surface area contributed by atoms with Crippen LogP contribution in [0.2, 0.25) is 0 Å². The van der Waals surface area contributed by atoms with Gasteiger partial charge in [-0.1, -0.05) is 48.0 Å². The Hall–Kier alpha value is -3.61. The van der Waals surface area contributed by atoms with Crippen LogP contribution in [-0.2, 0) is 45.1 Å². The van der Waals surface area contributed by atoms with E-state index in [2.05, 4.69) is 15.2 Å². The van der Waals surface area contributed by atoms with Crippen LogP contribution in [0.25, 0.3) is 0 Å². The molecule has 2 aliphatic rings. The second-order valence-electron chi connectivity index (χ2n) is 12.6. The topological polar surface area (TPSA) is 125 Å². The Balaban J connectivity index is 1.54. The summed E-state index contributed by atoms with van der Waals surface area (Å²) in [5, 5.41) is 3.26. The number of sulfone groups is 1. The molecule has 4 atom stereocenters. The van der Waals surface area contributed by atoms with E-state index in [1.165, 1.54) is 0 Å². The van der Waals surface area contributed by atoms with E-state index in [1.54, 1.807) is 57.6 Å². The van der Waals surface area contributed by atoms with Crippen molar-refractivity contribution in [2.45, 2.75) is 61.3 Å². The third kappa shape index (κ3) is 8.59. The molecular formula is C37H47N3O8S. The molecule has 0 amide bonds. The third-order valence-corrected chi connectivity index (χ3v) is 11.5. The molecule has 0 aliphatic carbocycles. The van der Waals surface area contributed by atoms with Crippen LogP contribution in [0.1, 0.15) is 47.9 Å². The highest BCUT2D eigenvalue weighted by atomic mass is 32.2. The molecule has 0 bridgehead atoms. The minimum Gasteiger partial charge on any atom is -0.490 e. The molecule has 5 rings (SSSR count). The molecule has 0 aromatic heterocycles. The number of nitrogens with one attached hydrogen (secondary N) is 1. The fourth-order valence-corrected chi connectivity index (χ4v) is 8.04. The van der Waals surface area contributed by atoms with Gasteiger partial charge >= 0.3 is 0 Å². The zero-order valence-electron chi connectivity index (χ0n) is 28.7. The van der Waals surface area contributed by atoms with Crippen molar-refractivity contribution in [3.05, 3.63) is 89.0 Å². The second kappa shape index (κ2) is 16.9. The van der Waals surface area contributed by atoms with Crippen LogP contribution < -0.4 is 15.0 Å². The van der Waals surface area contributed by atoms with Gasteiger partial charge in [0.1, 0.15) is 18.5 Å². The van der Waals surface area contributed by atoms with Crippen molar-refractivity contribution in [2.24, 2.45) is 4.99 Å². The number of aliphatic imine (C=N–C) groups is 1. The number of rotatable bonds is 16. The summed E-state index contributed by atoms with van der Waals surface area (Å²) < 4.78 is 58.6. The Bertz CT molecular complexity index is 1680. The number of nitrogens with zero attached hydrogens (tertiary/aromatic N) is 2. The van der Waals surface area contributed by atoms with Gasteiger partial charge in [-0.15, -0.1) is 0 Å². The monoisotopic (exact) mass is 693 g/mol. The number of benzene rings is 3. The van der Waals surface area contributed by atoms with Gasteiger partial charge in [-0.2, -0.15) is 4.99 Å². The van der Waals surface area contributed by atoms with Crippen LogP contribution >= 0.6 is 0 Å². The first-order valence-corrected chi connectivity index (χ1v) is 18.1. The number of ether oxygens (including phenoxy) is 5. The maximum Gasteiger partial charge on any atom is 0.236 e. The van der Waals surface area contributed by atoms with Gasteiger partial charge in [-0.25, -0.2) is 13.2 Å². The molecule has 1 fully saturated rings. The normalized spacial score (nSPS) is 20.5. The Morgan fingerprint density at radius 2 is 1.78 bits per heavy atom. The van der Waals surface area contributed by atoms with E-state index in [0.717, 1.165) is 35.3 Å². The maximum atomic E-state index is 14.8. The summed E-state index contributed by atoms with van der Waals surface area (Å²) in [4.78, 5) is 15.8. The van der Waals surface area contributed by atoms with Gasteiger partial charge in [0.15, 0.2) is 4.93 Å². The van der Waals surface area contributed by atoms with Crippen molar-refractivity contribution in [2.75, 3.05) is 65.2 Å². The van der Waals surface area contributed by atoms with Crippen molar-refractivity contribution in [3.8, 4) is 5.75 Å². The Morgan fingerprint density at radius 1 is 1.02 bits per heavy atom. The molecule has 2 aliphatic heterocycles. The van der Waals surface area contributed by atoms with Crippen molar-refractivity contribution in [1.82, 2.24) is 5.32 Å². The lowest BCUT2D eigenvalue weighted by atomic mass is 9.85. The molecule has 12 heteroatoms. The van der Waals surface area contributed by atoms with Gasteiger partial charge in [0, 0.05) is 45.4 Å². The molecule has 49 heavy (non-hydrogen) atoms. The molecule has 0 radical (unpaired) electrons. The van der Waals surface area contributed by atoms with E-state index in [0.29, 0.717) is 57.3 Å². The highest BCUT2D eigenvalue weighted by molar-refractivity contribution is 7.92. The minimum absolute atomic E-state index is 0.160. The number of isocyanates is 1. The summed E-state index contributed by atoms with van der Waals surface area (Å²) in [6.07, 6.45) is 1.81. The lowest BCUT2D eigenvalue weighted by Gasteiger charge is -2.41. The van der Waals surface area contributed by atoms with Crippen LogP contribution in [0.4, 0.5) is 5.69 Å². The molecule has 1 unspecified atom stereocenters. The van der Waals surface area contributed by atoms with E-state index >= 15 is 0 Å². The molecule has 0 saturated carbocycles. The standard InChI is InChI=1S/C37H47N3O8S/c1-27-6-13-31(14-7-27)49(42,43)37(2,30-12-15-34-33(22-30)40(17-19-47-34)16-5-18-44-3)48-35-24-38-36(39-26-41)23-32(35)29-10-8-28(9-11-29)25-46-21-20-45-4/h6-15,22,32,35-36,38H,5,16-21,23-25H2,1-4H3/t32-,35+,36-,37?/m1/s1. The molecule has 3 aromatic carbocycles. The van der Waals surface area contributed by atoms with E-state index in [-0.39, 0.29) is 17.4 Å². The summed E-state index contributed by atoms with van der Waals surface area (Å²) >= 11 is 0. The summed E-state index contributed by atoms with van der Waals surface area (Å²) in [5.74, 6) is 0.409. The van der Waals surface area contributed by atoms with Gasteiger partial charge < -0.3 is 28.6 Å². The predicted molar refractivity (Wildman–Crippen MR) is 186 cm³/mol. The van der Waals surface area contributed by atoms with E-state index in [9.17, 15) is 13.2 Å². The van der Waals surface area contributed by atoms with Gasteiger partial charge in [-0.05, 0) is 62.1 Å². The first kappa shape index (κ1) is 36.7. The Kier molecular flexibility index (Phi) is 12.6. The lowest BCUT2D eigenvalue weighted by molar-refractivity contribution is -0.0587. The van der Waals surface area contributed by atoms with Gasteiger partial charge in [0.05, 0.1) is 43.1 Å². The number of carbonyl (C=O) groups excluding carboxylic acids is 1. The number of aryl methyl sites for hydroxylation is 1. The first-order chi connectivity index (χ1) is 23.7. The van der Waals surface area contributed by atoms with E-state index < -0.39 is 27.0 Å². The fraction of sp³-hybridized carbons (Fsp3) is 0.486. The third-order valence-electron chi connectivity index (χ3n) is 9.24. The molecular weight excluding hydrogens is 646 g/mol. The molecule has 0 spiro atoms. The molecule has 264 valence electrons. The van der Waals surface area contributed by atoms with Crippen LogP contribution in [0.15, 0.2) is 76.6 Å². The van der Waals surface area contributed by atoms with Crippen molar-refractivity contribution in [1.29, 1.82) is 0 Å². The van der Waals surface area contributed by atoms with Crippen molar-refractivity contribution in [3.63, 3.8) is 0 Å². The number of methoxy groups -OCH3 is 2. The number of hydrogen-bond donors (Lipinski definition) is 1. The average Bonchev–Trinajstić information content (AvgIpc) is 3.11. The molecule has 1 N–H and O–H groups in total. The number of hydrogen-bond acceptors (Lipinski definition) is 11. The molecule has 3 aromatic rings. The van der Waals surface area contributed by atoms with Gasteiger partial charge in [0.25, 0.3) is 0 Å². The van der Waals surface area contributed by atoms with E-state index in [1.807, 2.05) is 43.3 Å². The summed E-state index contributed by atoms with van der Waals surface area (Å²) in [5.41, 5.74) is 4.19. The number of anilines is 1. The Labute approximate surface area is 289 Å². The second-order valence-corrected chi connectivity index (χ2v) is 14.8. The minimum atomic E-state index is -4.13. The SMILES string of the molecule is COCCCN1CCOc2ccc(C(C)(O[C@H]3CN[C@H](N=C=O)C[C@@H]3c3ccc(COCCOC)cc3)S(=O)(=O)c3ccc(C)cc3)cc21. The van der Waals surface area contributed by atoms with E-state index in [4.69, 9.17) is 23.7 Å². The fourth-order valence-electron chi connectivity index (χ4n) is 6.40. The zero-order chi connectivity index (χ0) is 34.9. The highest BCUT2D eigenvalue weighted by Crippen LogP contribution is 2.44. The lowest BCUT2D eigenvalue weighted by Crippen LogP contribution is -2.50. The summed E-state index contributed by atoms with van der Waals surface area (Å²) in [6, 6.07) is 20.3. The van der Waals surface area contributed by atoms with Crippen LogP contribution in [0.3, 0.4) is 0 Å². The largest absolute Gasteiger partial charge is 0.490 e. The Morgan fingerprint density at radius 3 is 2.49 bits per heavy atom. The zero-order valence-corrected chi connectivity index (χ0v) is 29.5. The van der Waals surface area contributed by atoms with Gasteiger partial charge in [0.2, 0.25) is 15.9 Å². The quantitative estimate of drug-likeness (QED) is 0.126. The van der Waals surface area contributed by atoms with Crippen LogP contribution in [-0.4, -0.2) is 87.0 Å². The van der Waals surface area contributed by atoms with Crippen molar-refractivity contribution < 1.29 is 36.9 Å². The smallest absolute Gasteiger partial charge is 0.236 e. The highest BCUT2D eigenvalue weighted by Gasteiger charge is 2.48. The number of fused-ring (bicyclic) bond motifs is 1. The molecule has 11 nitrogen and oxygen atoms in total. The maximum absolute atomic E-state index is 14.8. The van der Waals surface area contributed by atoms with Crippen LogP contribution in [0.5, 0.6) is 5.75 Å². The molecule has 1 saturated heterocycles. The number of piperidine rings is 1. The van der Waals surface area contributed by atoms with Crippen molar-refractivity contribution >= 4 is 21.6 Å². The van der Waals surface area contributed by atoms with Gasteiger partial charge in [-0.3, -0.25) is 5.32 Å². The predicted octanol–water partition coefficient (Wildman–Crippen LogP) is 4.86.